The van der Waals surface area contributed by atoms with Crippen LogP contribution < -0.4 is 0 Å². The van der Waals surface area contributed by atoms with E-state index in [0.29, 0.717) is 5.54 Å². The summed E-state index contributed by atoms with van der Waals surface area (Å²) < 4.78 is 0. The van der Waals surface area contributed by atoms with Crippen molar-refractivity contribution in [1.29, 1.82) is 0 Å². The van der Waals surface area contributed by atoms with Gasteiger partial charge in [-0.3, -0.25) is 0 Å². The highest BCUT2D eigenvalue weighted by molar-refractivity contribution is 4.95. The quantitative estimate of drug-likeness (QED) is 0.588. The zero-order valence-corrected chi connectivity index (χ0v) is 10.8. The number of hydrogen-bond acceptors (Lipinski definition) is 1. The summed E-state index contributed by atoms with van der Waals surface area (Å²) in [5, 5.41) is 0. The molecule has 1 aliphatic carbocycles. The van der Waals surface area contributed by atoms with E-state index in [-0.39, 0.29) is 0 Å². The maximum absolute atomic E-state index is 2.71. The Labute approximate surface area is 95.2 Å². The molecular weight excluding hydrogens is 182 g/mol. The van der Waals surface area contributed by atoms with Crippen LogP contribution in [0.15, 0.2) is 0 Å². The second-order valence-corrected chi connectivity index (χ2v) is 6.30. The molecule has 3 atom stereocenters. The van der Waals surface area contributed by atoms with Crippen molar-refractivity contribution >= 4 is 0 Å². The lowest BCUT2D eigenvalue weighted by molar-refractivity contribution is 0.0493. The molecule has 0 bridgehead atoms. The third-order valence-electron chi connectivity index (χ3n) is 4.80. The molecule has 88 valence electrons. The van der Waals surface area contributed by atoms with Crippen molar-refractivity contribution in [3.05, 3.63) is 0 Å². The topological polar surface area (TPSA) is 3.24 Å². The first kappa shape index (κ1) is 11.4. The van der Waals surface area contributed by atoms with Gasteiger partial charge in [0.25, 0.3) is 0 Å². The second-order valence-electron chi connectivity index (χ2n) is 6.30. The molecule has 1 nitrogen and oxygen atoms in total. The molecule has 0 amide bonds. The SMILES string of the molecule is CC1CCCC2(CCCC(C)C2)N(C)C1. The van der Waals surface area contributed by atoms with Gasteiger partial charge in [-0.05, 0) is 44.6 Å². The fourth-order valence-corrected chi connectivity index (χ4v) is 3.93. The molecule has 1 heteroatoms. The summed E-state index contributed by atoms with van der Waals surface area (Å²) in [5.74, 6) is 1.86. The Kier molecular flexibility index (Phi) is 3.39. The third-order valence-corrected chi connectivity index (χ3v) is 4.80. The predicted molar refractivity (Wildman–Crippen MR) is 66.0 cm³/mol. The Morgan fingerprint density at radius 1 is 1.00 bits per heavy atom. The van der Waals surface area contributed by atoms with Crippen LogP contribution in [-0.2, 0) is 0 Å². The molecule has 2 rings (SSSR count). The van der Waals surface area contributed by atoms with Crippen molar-refractivity contribution < 1.29 is 0 Å². The first-order chi connectivity index (χ1) is 7.12. The van der Waals surface area contributed by atoms with Crippen LogP contribution in [0.5, 0.6) is 0 Å². The first-order valence-corrected chi connectivity index (χ1v) is 6.84. The normalized spacial score (nSPS) is 44.2. The van der Waals surface area contributed by atoms with Crippen LogP contribution in [0.25, 0.3) is 0 Å². The second kappa shape index (κ2) is 4.45. The molecule has 0 aromatic rings. The standard InChI is InChI=1S/C14H27N/c1-12-6-4-8-14(10-12)9-5-7-13(2)11-15(14)3/h12-13H,4-11H2,1-3H3. The van der Waals surface area contributed by atoms with Crippen molar-refractivity contribution in [2.45, 2.75) is 64.3 Å². The van der Waals surface area contributed by atoms with Crippen molar-refractivity contribution in [2.24, 2.45) is 11.8 Å². The number of nitrogens with zero attached hydrogens (tertiary/aromatic N) is 1. The van der Waals surface area contributed by atoms with Gasteiger partial charge in [0.1, 0.15) is 0 Å². The summed E-state index contributed by atoms with van der Waals surface area (Å²) in [6.07, 6.45) is 10.2. The van der Waals surface area contributed by atoms with E-state index in [1.54, 1.807) is 0 Å². The van der Waals surface area contributed by atoms with Crippen LogP contribution in [0.4, 0.5) is 0 Å². The van der Waals surface area contributed by atoms with E-state index in [9.17, 15) is 0 Å². The van der Waals surface area contributed by atoms with Gasteiger partial charge >= 0.3 is 0 Å². The van der Waals surface area contributed by atoms with Crippen molar-refractivity contribution in [2.75, 3.05) is 13.6 Å². The molecule has 2 aliphatic rings. The lowest BCUT2D eigenvalue weighted by Crippen LogP contribution is -2.49. The van der Waals surface area contributed by atoms with E-state index in [0.717, 1.165) is 11.8 Å². The summed E-state index contributed by atoms with van der Waals surface area (Å²) in [6, 6.07) is 0. The van der Waals surface area contributed by atoms with Gasteiger partial charge in [-0.2, -0.15) is 0 Å². The van der Waals surface area contributed by atoms with E-state index >= 15 is 0 Å². The highest BCUT2D eigenvalue weighted by Crippen LogP contribution is 2.41. The Bertz CT molecular complexity index is 213. The van der Waals surface area contributed by atoms with E-state index in [1.807, 2.05) is 0 Å². The Balaban J connectivity index is 2.10. The van der Waals surface area contributed by atoms with Crippen LogP contribution >= 0.6 is 0 Å². The number of hydrogen-bond donors (Lipinski definition) is 0. The van der Waals surface area contributed by atoms with E-state index in [2.05, 4.69) is 25.8 Å². The van der Waals surface area contributed by atoms with Crippen LogP contribution in [0.3, 0.4) is 0 Å². The van der Waals surface area contributed by atoms with Crippen molar-refractivity contribution in [1.82, 2.24) is 4.90 Å². The maximum atomic E-state index is 2.71. The van der Waals surface area contributed by atoms with E-state index in [4.69, 9.17) is 0 Å². The predicted octanol–water partition coefficient (Wildman–Crippen LogP) is 3.69. The average Bonchev–Trinajstić information content (AvgIpc) is 2.28. The fourth-order valence-electron chi connectivity index (χ4n) is 3.93. The van der Waals surface area contributed by atoms with Crippen molar-refractivity contribution in [3.63, 3.8) is 0 Å². The Morgan fingerprint density at radius 3 is 2.20 bits per heavy atom. The van der Waals surface area contributed by atoms with Gasteiger partial charge in [0.05, 0.1) is 0 Å². The molecule has 0 radical (unpaired) electrons. The van der Waals surface area contributed by atoms with Crippen LogP contribution in [-0.4, -0.2) is 24.0 Å². The fraction of sp³-hybridized carbons (Fsp3) is 1.00. The summed E-state index contributed by atoms with van der Waals surface area (Å²) >= 11 is 0. The largest absolute Gasteiger partial charge is 0.300 e. The van der Waals surface area contributed by atoms with Gasteiger partial charge in [0.15, 0.2) is 0 Å². The van der Waals surface area contributed by atoms with Gasteiger partial charge in [-0.15, -0.1) is 0 Å². The molecule has 0 aromatic heterocycles. The lowest BCUT2D eigenvalue weighted by Gasteiger charge is -2.46. The molecule has 0 aromatic carbocycles. The highest BCUT2D eigenvalue weighted by atomic mass is 15.2. The molecule has 1 saturated heterocycles. The van der Waals surface area contributed by atoms with Gasteiger partial charge in [-0.25, -0.2) is 0 Å². The molecule has 1 spiro atoms. The molecule has 1 saturated carbocycles. The number of likely N-dealkylation sites (tertiary alicyclic amines) is 1. The third kappa shape index (κ3) is 2.38. The number of rotatable bonds is 0. The van der Waals surface area contributed by atoms with Gasteiger partial charge in [0.2, 0.25) is 0 Å². The maximum Gasteiger partial charge on any atom is 0.0209 e. The summed E-state index contributed by atoms with van der Waals surface area (Å²) in [7, 11) is 2.37. The Hall–Kier alpha value is -0.0400. The minimum Gasteiger partial charge on any atom is -0.300 e. The van der Waals surface area contributed by atoms with E-state index in [1.165, 1.54) is 51.5 Å². The van der Waals surface area contributed by atoms with Crippen LogP contribution in [0.1, 0.15) is 58.8 Å². The average molecular weight is 209 g/mol. The molecule has 15 heavy (non-hydrogen) atoms. The zero-order valence-electron chi connectivity index (χ0n) is 10.8. The minimum absolute atomic E-state index is 0.586. The van der Waals surface area contributed by atoms with Crippen LogP contribution in [0.2, 0.25) is 0 Å². The summed E-state index contributed by atoms with van der Waals surface area (Å²) in [5.41, 5.74) is 0.586. The van der Waals surface area contributed by atoms with Gasteiger partial charge < -0.3 is 4.90 Å². The molecular formula is C14H27N. The van der Waals surface area contributed by atoms with E-state index < -0.39 is 0 Å². The first-order valence-electron chi connectivity index (χ1n) is 6.84. The highest BCUT2D eigenvalue weighted by Gasteiger charge is 2.39. The monoisotopic (exact) mass is 209 g/mol. The lowest BCUT2D eigenvalue weighted by atomic mass is 9.73. The smallest absolute Gasteiger partial charge is 0.0209 e. The van der Waals surface area contributed by atoms with Crippen molar-refractivity contribution in [3.8, 4) is 0 Å². The molecule has 0 N–H and O–H groups in total. The van der Waals surface area contributed by atoms with Crippen LogP contribution in [0, 0.1) is 11.8 Å². The zero-order chi connectivity index (χ0) is 10.9. The minimum atomic E-state index is 0.586. The van der Waals surface area contributed by atoms with Gasteiger partial charge in [0, 0.05) is 12.1 Å². The van der Waals surface area contributed by atoms with Gasteiger partial charge in [-0.1, -0.05) is 33.1 Å². The molecule has 3 unspecified atom stereocenters. The molecule has 1 aliphatic heterocycles. The summed E-state index contributed by atoms with van der Waals surface area (Å²) in [6.45, 7) is 6.19. The molecule has 1 heterocycles. The molecule has 2 fully saturated rings. The Morgan fingerprint density at radius 2 is 1.60 bits per heavy atom. The summed E-state index contributed by atoms with van der Waals surface area (Å²) in [4.78, 5) is 2.71.